The van der Waals surface area contributed by atoms with E-state index >= 15 is 0 Å². The molecule has 1 saturated heterocycles. The van der Waals surface area contributed by atoms with Gasteiger partial charge in [-0.25, -0.2) is 4.79 Å². The van der Waals surface area contributed by atoms with Gasteiger partial charge >= 0.3 is 17.7 Å². The largest absolute Gasteiger partial charge is 0.460 e. The predicted molar refractivity (Wildman–Crippen MR) is 65.8 cm³/mol. The maximum atomic E-state index is 11.8. The van der Waals surface area contributed by atoms with Crippen LogP contribution in [-0.4, -0.2) is 28.9 Å². The molecule has 0 spiro atoms. The Labute approximate surface area is 113 Å². The predicted octanol–water partition coefficient (Wildman–Crippen LogP) is 2.11. The molecule has 0 aromatic rings. The first-order valence-electron chi connectivity index (χ1n) is 6.26. The van der Waals surface area contributed by atoms with E-state index < -0.39 is 28.9 Å². The van der Waals surface area contributed by atoms with E-state index in [0.29, 0.717) is 0 Å². The second-order valence-electron chi connectivity index (χ2n) is 6.51. The number of carbonyl (C=O) groups excluding carboxylic acids is 2. The van der Waals surface area contributed by atoms with E-state index in [1.165, 1.54) is 0 Å². The molecule has 1 heterocycles. The van der Waals surface area contributed by atoms with Gasteiger partial charge in [-0.15, -0.1) is 0 Å². The average Bonchev–Trinajstić information content (AvgIpc) is 2.89. The number of rotatable bonds is 4. The lowest BCUT2D eigenvalue weighted by Crippen LogP contribution is -2.35. The third kappa shape index (κ3) is 5.57. The van der Waals surface area contributed by atoms with Gasteiger partial charge in [-0.05, 0) is 41.5 Å². The SMILES string of the molecule is CC(C)(C)OC(=O)CCC1(C(=O)OC(C)(C)C)OO1. The first kappa shape index (κ1) is 15.9. The van der Waals surface area contributed by atoms with E-state index in [4.69, 9.17) is 19.2 Å². The number of carbonyl (C=O) groups is 2. The van der Waals surface area contributed by atoms with Crippen LogP contribution in [0.4, 0.5) is 0 Å². The summed E-state index contributed by atoms with van der Waals surface area (Å²) in [5, 5.41) is 0. The molecule has 0 aromatic heterocycles. The summed E-state index contributed by atoms with van der Waals surface area (Å²) in [5.74, 6) is -2.47. The van der Waals surface area contributed by atoms with Crippen molar-refractivity contribution in [3.63, 3.8) is 0 Å². The molecule has 1 fully saturated rings. The third-order valence-corrected chi connectivity index (χ3v) is 2.07. The maximum Gasteiger partial charge on any atom is 0.373 e. The van der Waals surface area contributed by atoms with Crippen molar-refractivity contribution in [1.82, 2.24) is 0 Å². The second kappa shape index (κ2) is 5.09. The summed E-state index contributed by atoms with van der Waals surface area (Å²) in [5.41, 5.74) is -1.19. The minimum Gasteiger partial charge on any atom is -0.460 e. The highest BCUT2D eigenvalue weighted by Crippen LogP contribution is 2.37. The Morgan fingerprint density at radius 2 is 1.42 bits per heavy atom. The summed E-state index contributed by atoms with van der Waals surface area (Å²) >= 11 is 0. The molecule has 0 amide bonds. The lowest BCUT2D eigenvalue weighted by atomic mass is 10.1. The Kier molecular flexibility index (Phi) is 4.27. The van der Waals surface area contributed by atoms with Crippen molar-refractivity contribution in [2.24, 2.45) is 0 Å². The molecule has 0 aliphatic carbocycles. The van der Waals surface area contributed by atoms with Gasteiger partial charge in [-0.1, -0.05) is 0 Å². The van der Waals surface area contributed by atoms with Gasteiger partial charge in [-0.3, -0.25) is 4.79 Å². The molecule has 0 saturated carbocycles. The second-order valence-corrected chi connectivity index (χ2v) is 6.51. The molecule has 6 heteroatoms. The van der Waals surface area contributed by atoms with Crippen LogP contribution in [0, 0.1) is 0 Å². The number of hydrogen-bond donors (Lipinski definition) is 0. The lowest BCUT2D eigenvalue weighted by molar-refractivity contribution is -0.164. The molecule has 0 atom stereocenters. The Bertz CT molecular complexity index is 356. The molecule has 0 unspecified atom stereocenters. The van der Waals surface area contributed by atoms with Gasteiger partial charge in [0, 0.05) is 6.42 Å². The number of esters is 2. The highest BCUT2D eigenvalue weighted by Gasteiger charge is 2.59. The van der Waals surface area contributed by atoms with Crippen LogP contribution in [0.15, 0.2) is 0 Å². The van der Waals surface area contributed by atoms with Gasteiger partial charge in [0.15, 0.2) is 0 Å². The molecule has 0 N–H and O–H groups in total. The standard InChI is InChI=1S/C13H22O6/c1-11(2,3)16-9(14)7-8-13(18-19-13)10(15)17-12(4,5)6/h7-8H2,1-6H3. The summed E-state index contributed by atoms with van der Waals surface area (Å²) in [6.45, 7) is 10.6. The molecule has 1 rings (SSSR count). The molecule has 0 radical (unpaired) electrons. The quantitative estimate of drug-likeness (QED) is 0.444. The van der Waals surface area contributed by atoms with Crippen molar-refractivity contribution in [2.45, 2.75) is 71.4 Å². The van der Waals surface area contributed by atoms with Gasteiger partial charge in [0.05, 0.1) is 6.42 Å². The van der Waals surface area contributed by atoms with Crippen LogP contribution in [0.3, 0.4) is 0 Å². The van der Waals surface area contributed by atoms with Crippen molar-refractivity contribution in [2.75, 3.05) is 0 Å². The monoisotopic (exact) mass is 274 g/mol. The van der Waals surface area contributed by atoms with Crippen molar-refractivity contribution < 1.29 is 28.8 Å². The van der Waals surface area contributed by atoms with Crippen LogP contribution in [0.1, 0.15) is 54.4 Å². The number of ether oxygens (including phenoxy) is 2. The van der Waals surface area contributed by atoms with Crippen LogP contribution in [0.2, 0.25) is 0 Å². The minimum atomic E-state index is -1.44. The highest BCUT2D eigenvalue weighted by atomic mass is 17.4. The first-order valence-corrected chi connectivity index (χ1v) is 6.26. The van der Waals surface area contributed by atoms with Gasteiger partial charge in [0.1, 0.15) is 11.2 Å². The van der Waals surface area contributed by atoms with Crippen LogP contribution in [0.25, 0.3) is 0 Å². The van der Waals surface area contributed by atoms with E-state index in [1.54, 1.807) is 41.5 Å². The van der Waals surface area contributed by atoms with Crippen molar-refractivity contribution in [3.05, 3.63) is 0 Å². The van der Waals surface area contributed by atoms with E-state index in [9.17, 15) is 9.59 Å². The molecule has 0 bridgehead atoms. The van der Waals surface area contributed by atoms with Crippen LogP contribution >= 0.6 is 0 Å². The third-order valence-electron chi connectivity index (χ3n) is 2.07. The summed E-state index contributed by atoms with van der Waals surface area (Å²) in [7, 11) is 0. The Balaban J connectivity index is 2.44. The van der Waals surface area contributed by atoms with Crippen LogP contribution in [0.5, 0.6) is 0 Å². The summed E-state index contributed by atoms with van der Waals surface area (Å²) in [4.78, 5) is 32.8. The number of hydrogen-bond acceptors (Lipinski definition) is 6. The molecule has 1 aliphatic heterocycles. The van der Waals surface area contributed by atoms with Crippen molar-refractivity contribution >= 4 is 11.9 Å². The maximum absolute atomic E-state index is 11.8. The Morgan fingerprint density at radius 3 is 1.79 bits per heavy atom. The molecule has 110 valence electrons. The topological polar surface area (TPSA) is 77.7 Å². The smallest absolute Gasteiger partial charge is 0.373 e. The fourth-order valence-corrected chi connectivity index (χ4v) is 1.32. The normalized spacial score (nSPS) is 17.8. The molecule has 0 aromatic carbocycles. The van der Waals surface area contributed by atoms with Gasteiger partial charge in [0.2, 0.25) is 0 Å². The molecule has 19 heavy (non-hydrogen) atoms. The van der Waals surface area contributed by atoms with Crippen molar-refractivity contribution in [3.8, 4) is 0 Å². The molecular formula is C13H22O6. The zero-order chi connectivity index (χ0) is 14.9. The molecular weight excluding hydrogens is 252 g/mol. The van der Waals surface area contributed by atoms with Gasteiger partial charge in [0.25, 0.3) is 0 Å². The van der Waals surface area contributed by atoms with E-state index in [2.05, 4.69) is 0 Å². The minimum absolute atomic E-state index is 0.0243. The Hall–Kier alpha value is -1.14. The fraction of sp³-hybridized carbons (Fsp3) is 0.846. The van der Waals surface area contributed by atoms with E-state index in [-0.39, 0.29) is 12.8 Å². The van der Waals surface area contributed by atoms with Crippen molar-refractivity contribution in [1.29, 1.82) is 0 Å². The van der Waals surface area contributed by atoms with E-state index in [1.807, 2.05) is 0 Å². The first-order chi connectivity index (χ1) is 8.44. The van der Waals surface area contributed by atoms with Crippen LogP contribution in [-0.2, 0) is 28.8 Å². The van der Waals surface area contributed by atoms with E-state index in [0.717, 1.165) is 0 Å². The fourth-order valence-electron chi connectivity index (χ4n) is 1.32. The molecule has 1 aliphatic rings. The van der Waals surface area contributed by atoms with Gasteiger partial charge in [-0.2, -0.15) is 9.78 Å². The summed E-state index contributed by atoms with van der Waals surface area (Å²) in [6.07, 6.45) is 0.105. The van der Waals surface area contributed by atoms with Gasteiger partial charge < -0.3 is 9.47 Å². The zero-order valence-corrected chi connectivity index (χ0v) is 12.4. The van der Waals surface area contributed by atoms with Crippen LogP contribution < -0.4 is 0 Å². The lowest BCUT2D eigenvalue weighted by Gasteiger charge is -2.21. The molecule has 6 nitrogen and oxygen atoms in total. The summed E-state index contributed by atoms with van der Waals surface area (Å²) in [6, 6.07) is 0. The zero-order valence-electron chi connectivity index (χ0n) is 12.4. The highest BCUT2D eigenvalue weighted by molar-refractivity contribution is 5.80. The Morgan fingerprint density at radius 1 is 0.947 bits per heavy atom. The summed E-state index contributed by atoms with van der Waals surface area (Å²) < 4.78 is 10.3. The average molecular weight is 274 g/mol.